The van der Waals surface area contributed by atoms with Crippen LogP contribution in [0.4, 0.5) is 0 Å². The Bertz CT molecular complexity index is 123. The van der Waals surface area contributed by atoms with Gasteiger partial charge in [-0.05, 0) is 0 Å². The smallest absolute Gasteiger partial charge is 0.251 e. The van der Waals surface area contributed by atoms with Gasteiger partial charge < -0.3 is 0 Å². The number of nitrogens with two attached hydrogens (primary N) is 1. The van der Waals surface area contributed by atoms with Gasteiger partial charge in [0.15, 0.2) is 0 Å². The summed E-state index contributed by atoms with van der Waals surface area (Å²) >= 11 is 0. The van der Waals surface area contributed by atoms with E-state index in [-0.39, 0.29) is 0 Å². The number of nitrogens with zero attached hydrogens (tertiary/aromatic N) is 1. The summed E-state index contributed by atoms with van der Waals surface area (Å²) in [5.41, 5.74) is 1.58. The number of hydrogen-bond acceptors (Lipinski definition) is 4. The SMILES string of the molecule is NNN=S(=O)=O. The van der Waals surface area contributed by atoms with Crippen LogP contribution in [0.1, 0.15) is 0 Å². The van der Waals surface area contributed by atoms with Crippen LogP contribution in [0.25, 0.3) is 0 Å². The molecule has 36 valence electrons. The third-order valence-corrected chi connectivity index (χ3v) is 0.382. The van der Waals surface area contributed by atoms with Gasteiger partial charge in [-0.1, -0.05) is 4.47 Å². The van der Waals surface area contributed by atoms with Crippen LogP contribution >= 0.6 is 0 Å². The first kappa shape index (κ1) is 5.54. The molecule has 0 unspecified atom stereocenters. The molecular formula is H3N3O2S. The number of nitrogens with one attached hydrogen (secondary N) is 1. The van der Waals surface area contributed by atoms with Crippen molar-refractivity contribution in [3.05, 3.63) is 0 Å². The maximum atomic E-state index is 9.29. The Labute approximate surface area is 35.8 Å². The van der Waals surface area contributed by atoms with Gasteiger partial charge in [0.05, 0.1) is 0 Å². The largest absolute Gasteiger partial charge is 0.329 e. The Kier molecular flexibility index (Phi) is 2.55. The summed E-state index contributed by atoms with van der Waals surface area (Å²) in [6.45, 7) is 0. The van der Waals surface area contributed by atoms with Gasteiger partial charge >= 0.3 is 10.5 Å². The van der Waals surface area contributed by atoms with Crippen molar-refractivity contribution < 1.29 is 8.42 Å². The number of hydrogen-bond donors (Lipinski definition) is 2. The fourth-order valence-corrected chi connectivity index (χ4v) is 0.129. The lowest BCUT2D eigenvalue weighted by molar-refractivity contribution is 0.615. The van der Waals surface area contributed by atoms with Gasteiger partial charge in [0.2, 0.25) is 0 Å². The molecule has 0 saturated carbocycles. The normalized spacial score (nSPS) is 7.50. The second-order valence-corrected chi connectivity index (χ2v) is 1.05. The molecule has 0 aliphatic carbocycles. The van der Waals surface area contributed by atoms with E-state index in [0.29, 0.717) is 0 Å². The maximum absolute atomic E-state index is 9.29. The molecule has 0 aliphatic rings. The molecule has 0 amide bonds. The second kappa shape index (κ2) is 2.76. The molecule has 6 heteroatoms. The lowest BCUT2D eigenvalue weighted by Gasteiger charge is -1.66. The average molecular weight is 109 g/mol. The van der Waals surface area contributed by atoms with E-state index in [1.165, 1.54) is 0 Å². The first-order chi connectivity index (χ1) is 2.77. The monoisotopic (exact) mass is 109 g/mol. The number of hydrazine groups is 1. The van der Waals surface area contributed by atoms with Gasteiger partial charge in [0.25, 0.3) is 0 Å². The minimum atomic E-state index is -2.43. The summed E-state index contributed by atoms with van der Waals surface area (Å²) in [4.78, 5) is 0. The molecule has 0 spiro atoms. The molecule has 0 fully saturated rings. The molecule has 0 aromatic heterocycles. The van der Waals surface area contributed by atoms with Crippen LogP contribution in [0.5, 0.6) is 0 Å². The summed E-state index contributed by atoms with van der Waals surface area (Å²) in [6, 6.07) is 0. The highest BCUT2D eigenvalue weighted by molar-refractivity contribution is 7.61. The van der Waals surface area contributed by atoms with Crippen LogP contribution in [0.3, 0.4) is 0 Å². The molecule has 0 radical (unpaired) electrons. The summed E-state index contributed by atoms with van der Waals surface area (Å²) in [7, 11) is -2.43. The fourth-order valence-electron chi connectivity index (χ4n) is 0.0430. The molecule has 0 saturated heterocycles. The molecule has 5 nitrogen and oxygen atoms in total. The van der Waals surface area contributed by atoms with E-state index in [9.17, 15) is 8.42 Å². The van der Waals surface area contributed by atoms with Crippen molar-refractivity contribution in [2.24, 2.45) is 10.3 Å². The van der Waals surface area contributed by atoms with E-state index in [2.05, 4.69) is 10.3 Å². The molecule has 0 atom stereocenters. The Morgan fingerprint density at radius 2 is 2.17 bits per heavy atom. The molecule has 0 aromatic rings. The average Bonchev–Trinajstić information content (AvgIpc) is 1.35. The predicted molar refractivity (Wildman–Crippen MR) is 18.7 cm³/mol. The Morgan fingerprint density at radius 3 is 2.17 bits per heavy atom. The van der Waals surface area contributed by atoms with Gasteiger partial charge in [-0.2, -0.15) is 8.42 Å². The molecule has 0 rings (SSSR count). The molecule has 6 heavy (non-hydrogen) atoms. The first-order valence-corrected chi connectivity index (χ1v) is 2.06. The summed E-state index contributed by atoms with van der Waals surface area (Å²) < 4.78 is 21.1. The maximum Gasteiger partial charge on any atom is 0.329 e. The van der Waals surface area contributed by atoms with Gasteiger partial charge in [-0.25, -0.2) is 0 Å². The van der Waals surface area contributed by atoms with E-state index in [4.69, 9.17) is 0 Å². The zero-order chi connectivity index (χ0) is 4.99. The van der Waals surface area contributed by atoms with Crippen molar-refractivity contribution in [2.45, 2.75) is 0 Å². The van der Waals surface area contributed by atoms with Crippen molar-refractivity contribution in [1.82, 2.24) is 5.53 Å². The molecular weight excluding hydrogens is 106 g/mol. The topological polar surface area (TPSA) is 84.5 Å². The zero-order valence-electron chi connectivity index (χ0n) is 2.75. The van der Waals surface area contributed by atoms with Gasteiger partial charge in [0.1, 0.15) is 0 Å². The lowest BCUT2D eigenvalue weighted by Crippen LogP contribution is -2.12. The molecule has 0 bridgehead atoms. The highest BCUT2D eigenvalue weighted by Crippen LogP contribution is 1.39. The Hall–Kier alpha value is -0.460. The Balaban J connectivity index is 3.78. The second-order valence-electron chi connectivity index (χ2n) is 0.437. The Morgan fingerprint density at radius 1 is 1.67 bits per heavy atom. The van der Waals surface area contributed by atoms with E-state index >= 15 is 0 Å². The third-order valence-electron chi connectivity index (χ3n) is 0.127. The van der Waals surface area contributed by atoms with Crippen LogP contribution in [0.2, 0.25) is 0 Å². The third kappa shape index (κ3) is 3.54. The summed E-state index contributed by atoms with van der Waals surface area (Å²) in [5, 5.41) is 0. The van der Waals surface area contributed by atoms with Gasteiger partial charge in [0, 0.05) is 0 Å². The highest BCUT2D eigenvalue weighted by atomic mass is 32.2. The standard InChI is InChI=1S/H3N3O2S/c1-2-3-6(4)5/h2H,1H2. The fraction of sp³-hybridized carbons (Fsp3) is 0. The van der Waals surface area contributed by atoms with Crippen LogP contribution in [-0.2, 0) is 10.5 Å². The van der Waals surface area contributed by atoms with E-state index in [1.54, 1.807) is 5.53 Å². The predicted octanol–water partition coefficient (Wildman–Crippen LogP) is -1.57. The summed E-state index contributed by atoms with van der Waals surface area (Å²) in [6.07, 6.45) is 0. The quantitative estimate of drug-likeness (QED) is 0.314. The van der Waals surface area contributed by atoms with Gasteiger partial charge in [-0.3, -0.25) is 5.84 Å². The highest BCUT2D eigenvalue weighted by Gasteiger charge is 1.57. The molecule has 0 aromatic carbocycles. The summed E-state index contributed by atoms with van der Waals surface area (Å²) in [5.74, 6) is 4.42. The zero-order valence-corrected chi connectivity index (χ0v) is 3.57. The molecule has 3 N–H and O–H groups in total. The van der Waals surface area contributed by atoms with Crippen LogP contribution in [0.15, 0.2) is 4.47 Å². The van der Waals surface area contributed by atoms with Crippen molar-refractivity contribution in [3.8, 4) is 0 Å². The number of rotatable bonds is 1. The lowest BCUT2D eigenvalue weighted by atomic mass is 12.6. The minimum Gasteiger partial charge on any atom is -0.251 e. The van der Waals surface area contributed by atoms with Crippen LogP contribution in [0, 0.1) is 0 Å². The van der Waals surface area contributed by atoms with Crippen molar-refractivity contribution >= 4 is 10.5 Å². The van der Waals surface area contributed by atoms with Gasteiger partial charge in [-0.15, -0.1) is 5.53 Å². The van der Waals surface area contributed by atoms with E-state index in [1.807, 2.05) is 0 Å². The molecule has 0 aliphatic heterocycles. The van der Waals surface area contributed by atoms with Crippen molar-refractivity contribution in [2.75, 3.05) is 0 Å². The molecule has 0 heterocycles. The minimum absolute atomic E-state index is 1.58. The van der Waals surface area contributed by atoms with E-state index < -0.39 is 10.5 Å². The van der Waals surface area contributed by atoms with E-state index in [0.717, 1.165) is 0 Å². The van der Waals surface area contributed by atoms with Crippen molar-refractivity contribution in [1.29, 1.82) is 0 Å². The first-order valence-electron chi connectivity index (χ1n) is 1.03. The van der Waals surface area contributed by atoms with Crippen molar-refractivity contribution in [3.63, 3.8) is 0 Å². The van der Waals surface area contributed by atoms with Crippen LogP contribution in [-0.4, -0.2) is 8.42 Å². The van der Waals surface area contributed by atoms with Crippen LogP contribution < -0.4 is 11.4 Å².